The van der Waals surface area contributed by atoms with Gasteiger partial charge >= 0.3 is 0 Å². The van der Waals surface area contributed by atoms with Crippen molar-refractivity contribution < 1.29 is 9.53 Å². The van der Waals surface area contributed by atoms with Crippen molar-refractivity contribution in [2.24, 2.45) is 11.7 Å². The molecule has 4 nitrogen and oxygen atoms in total. The summed E-state index contributed by atoms with van der Waals surface area (Å²) >= 11 is 0. The summed E-state index contributed by atoms with van der Waals surface area (Å²) in [5.74, 6) is 1.57. The smallest absolute Gasteiger partial charge is 0.223 e. The molecular formula is C15H22N2O2. The van der Waals surface area contributed by atoms with Crippen molar-refractivity contribution in [3.8, 4) is 5.75 Å². The van der Waals surface area contributed by atoms with E-state index in [1.807, 2.05) is 29.2 Å². The van der Waals surface area contributed by atoms with Crippen LogP contribution in [0.3, 0.4) is 0 Å². The molecule has 0 radical (unpaired) electrons. The number of nitrogens with two attached hydrogens (primary N) is 1. The van der Waals surface area contributed by atoms with Crippen LogP contribution in [-0.2, 0) is 11.2 Å². The first-order chi connectivity index (χ1) is 9.19. The van der Waals surface area contributed by atoms with E-state index in [1.54, 1.807) is 0 Å². The lowest BCUT2D eigenvalue weighted by molar-refractivity contribution is -0.128. The van der Waals surface area contributed by atoms with Crippen LogP contribution in [0.1, 0.15) is 18.9 Å². The topological polar surface area (TPSA) is 55.6 Å². The normalized spacial score (nSPS) is 18.9. The average molecular weight is 262 g/mol. The zero-order valence-electron chi connectivity index (χ0n) is 11.5. The molecule has 0 saturated carbocycles. The fraction of sp³-hybridized carbons (Fsp3) is 0.533. The van der Waals surface area contributed by atoms with E-state index in [4.69, 9.17) is 10.5 Å². The van der Waals surface area contributed by atoms with Crippen LogP contribution in [0.5, 0.6) is 5.75 Å². The standard InChI is InChI=1S/C15H22N2O2/c1-12-10-15(18)17(11-12)8-9-19-14-4-2-13(3-5-14)6-7-16/h2-5,12H,6-11,16H2,1H3. The van der Waals surface area contributed by atoms with E-state index in [9.17, 15) is 4.79 Å². The summed E-state index contributed by atoms with van der Waals surface area (Å²) < 4.78 is 5.66. The summed E-state index contributed by atoms with van der Waals surface area (Å²) in [5, 5.41) is 0. The van der Waals surface area contributed by atoms with Crippen LogP contribution in [0.4, 0.5) is 0 Å². The van der Waals surface area contributed by atoms with Gasteiger partial charge < -0.3 is 15.4 Å². The number of rotatable bonds is 6. The molecule has 4 heteroatoms. The third kappa shape index (κ3) is 3.96. The van der Waals surface area contributed by atoms with Crippen LogP contribution in [-0.4, -0.2) is 37.0 Å². The lowest BCUT2D eigenvalue weighted by atomic mass is 10.1. The van der Waals surface area contributed by atoms with Crippen LogP contribution in [0.25, 0.3) is 0 Å². The molecule has 0 aromatic heterocycles. The second kappa shape index (κ2) is 6.57. The van der Waals surface area contributed by atoms with Crippen LogP contribution >= 0.6 is 0 Å². The van der Waals surface area contributed by atoms with Gasteiger partial charge in [-0.3, -0.25) is 4.79 Å². The predicted octanol–water partition coefficient (Wildman–Crippen LogP) is 1.43. The molecule has 0 aliphatic carbocycles. The molecule has 1 aromatic carbocycles. The van der Waals surface area contributed by atoms with E-state index in [-0.39, 0.29) is 5.91 Å². The summed E-state index contributed by atoms with van der Waals surface area (Å²) in [5.41, 5.74) is 6.72. The Morgan fingerprint density at radius 2 is 2.11 bits per heavy atom. The molecule has 1 unspecified atom stereocenters. The third-order valence-electron chi connectivity index (χ3n) is 3.39. The predicted molar refractivity (Wildman–Crippen MR) is 75.1 cm³/mol. The molecule has 1 atom stereocenters. The fourth-order valence-electron chi connectivity index (χ4n) is 2.38. The molecule has 1 aliphatic heterocycles. The number of benzene rings is 1. The van der Waals surface area contributed by atoms with Crippen LogP contribution in [0, 0.1) is 5.92 Å². The highest BCUT2D eigenvalue weighted by Gasteiger charge is 2.25. The molecule has 1 saturated heterocycles. The van der Waals surface area contributed by atoms with Gasteiger partial charge in [-0.25, -0.2) is 0 Å². The monoisotopic (exact) mass is 262 g/mol. The Kier molecular flexibility index (Phi) is 4.80. The minimum Gasteiger partial charge on any atom is -0.492 e. The summed E-state index contributed by atoms with van der Waals surface area (Å²) in [6.07, 6.45) is 1.56. The van der Waals surface area contributed by atoms with Crippen molar-refractivity contribution >= 4 is 5.91 Å². The van der Waals surface area contributed by atoms with E-state index in [2.05, 4.69) is 6.92 Å². The van der Waals surface area contributed by atoms with Crippen molar-refractivity contribution in [2.75, 3.05) is 26.2 Å². The Labute approximate surface area is 114 Å². The summed E-state index contributed by atoms with van der Waals surface area (Å²) in [6, 6.07) is 7.98. The Hall–Kier alpha value is -1.55. The van der Waals surface area contributed by atoms with Gasteiger partial charge in [-0.15, -0.1) is 0 Å². The number of likely N-dealkylation sites (tertiary alicyclic amines) is 1. The van der Waals surface area contributed by atoms with Gasteiger partial charge in [0.05, 0.1) is 6.54 Å². The number of amides is 1. The van der Waals surface area contributed by atoms with Crippen LogP contribution in [0.15, 0.2) is 24.3 Å². The van der Waals surface area contributed by atoms with Gasteiger partial charge in [0.1, 0.15) is 12.4 Å². The highest BCUT2D eigenvalue weighted by Crippen LogP contribution is 2.17. The van der Waals surface area contributed by atoms with Gasteiger partial charge in [0, 0.05) is 13.0 Å². The van der Waals surface area contributed by atoms with Gasteiger partial charge in [0.2, 0.25) is 5.91 Å². The van der Waals surface area contributed by atoms with Gasteiger partial charge in [-0.2, -0.15) is 0 Å². The highest BCUT2D eigenvalue weighted by atomic mass is 16.5. The molecule has 1 fully saturated rings. The van der Waals surface area contributed by atoms with E-state index in [1.165, 1.54) is 5.56 Å². The van der Waals surface area contributed by atoms with Gasteiger partial charge in [-0.1, -0.05) is 19.1 Å². The van der Waals surface area contributed by atoms with Gasteiger partial charge in [0.15, 0.2) is 0 Å². The SMILES string of the molecule is CC1CC(=O)N(CCOc2ccc(CCN)cc2)C1. The first kappa shape index (κ1) is 13.9. The first-order valence-electron chi connectivity index (χ1n) is 6.88. The lowest BCUT2D eigenvalue weighted by Crippen LogP contribution is -2.29. The Balaban J connectivity index is 1.75. The number of hydrogen-bond acceptors (Lipinski definition) is 3. The van der Waals surface area contributed by atoms with Gasteiger partial charge in [0.25, 0.3) is 0 Å². The molecule has 1 amide bonds. The lowest BCUT2D eigenvalue weighted by Gasteiger charge is -2.16. The summed E-state index contributed by atoms with van der Waals surface area (Å²) in [6.45, 7) is 4.85. The molecule has 104 valence electrons. The number of nitrogens with zero attached hydrogens (tertiary/aromatic N) is 1. The van der Waals surface area contributed by atoms with Gasteiger partial charge in [-0.05, 0) is 36.6 Å². The zero-order chi connectivity index (χ0) is 13.7. The molecule has 0 bridgehead atoms. The minimum atomic E-state index is 0.245. The molecule has 1 heterocycles. The number of ether oxygens (including phenoxy) is 1. The largest absolute Gasteiger partial charge is 0.492 e. The van der Waals surface area contributed by atoms with Crippen LogP contribution < -0.4 is 10.5 Å². The summed E-state index contributed by atoms with van der Waals surface area (Å²) in [7, 11) is 0. The zero-order valence-corrected chi connectivity index (χ0v) is 11.5. The van der Waals surface area contributed by atoms with E-state index >= 15 is 0 Å². The van der Waals surface area contributed by atoms with Crippen molar-refractivity contribution in [3.63, 3.8) is 0 Å². The van der Waals surface area contributed by atoms with Crippen molar-refractivity contribution in [1.82, 2.24) is 4.90 Å². The quantitative estimate of drug-likeness (QED) is 0.844. The molecular weight excluding hydrogens is 240 g/mol. The van der Waals surface area contributed by atoms with Crippen molar-refractivity contribution in [1.29, 1.82) is 0 Å². The minimum absolute atomic E-state index is 0.245. The highest BCUT2D eigenvalue weighted by molar-refractivity contribution is 5.78. The molecule has 2 N–H and O–H groups in total. The number of carbonyl (C=O) groups is 1. The second-order valence-electron chi connectivity index (χ2n) is 5.18. The molecule has 2 rings (SSSR count). The third-order valence-corrected chi connectivity index (χ3v) is 3.39. The van der Waals surface area contributed by atoms with Crippen molar-refractivity contribution in [3.05, 3.63) is 29.8 Å². The van der Waals surface area contributed by atoms with E-state index < -0.39 is 0 Å². The summed E-state index contributed by atoms with van der Waals surface area (Å²) in [4.78, 5) is 13.5. The average Bonchev–Trinajstić information content (AvgIpc) is 2.71. The Bertz CT molecular complexity index is 417. The number of hydrogen-bond donors (Lipinski definition) is 1. The maximum absolute atomic E-state index is 11.6. The molecule has 1 aliphatic rings. The maximum atomic E-state index is 11.6. The maximum Gasteiger partial charge on any atom is 0.223 e. The second-order valence-corrected chi connectivity index (χ2v) is 5.18. The van der Waals surface area contributed by atoms with E-state index in [0.29, 0.717) is 32.0 Å². The Morgan fingerprint density at radius 1 is 1.37 bits per heavy atom. The number of carbonyl (C=O) groups excluding carboxylic acids is 1. The van der Waals surface area contributed by atoms with E-state index in [0.717, 1.165) is 18.7 Å². The fourth-order valence-corrected chi connectivity index (χ4v) is 2.38. The molecule has 19 heavy (non-hydrogen) atoms. The Morgan fingerprint density at radius 3 is 2.68 bits per heavy atom. The van der Waals surface area contributed by atoms with Crippen LogP contribution in [0.2, 0.25) is 0 Å². The molecule has 1 aromatic rings. The first-order valence-corrected chi connectivity index (χ1v) is 6.88. The van der Waals surface area contributed by atoms with Crippen molar-refractivity contribution in [2.45, 2.75) is 19.8 Å². The molecule has 0 spiro atoms.